The smallest absolute Gasteiger partial charge is 0.227 e. The first-order chi connectivity index (χ1) is 11.3. The van der Waals surface area contributed by atoms with Crippen molar-refractivity contribution >= 4 is 17.2 Å². The maximum absolute atomic E-state index is 12.5. The molecule has 126 valence electrons. The molecule has 0 saturated carbocycles. The van der Waals surface area contributed by atoms with E-state index in [4.69, 9.17) is 4.74 Å². The summed E-state index contributed by atoms with van der Waals surface area (Å²) in [5.41, 5.74) is 1.16. The van der Waals surface area contributed by atoms with Crippen LogP contribution in [0.5, 0.6) is 0 Å². The normalized spacial score (nSPS) is 31.5. The zero-order chi connectivity index (χ0) is 15.6. The predicted octanol–water partition coefficient (Wildman–Crippen LogP) is 2.25. The van der Waals surface area contributed by atoms with Crippen LogP contribution in [0.2, 0.25) is 0 Å². The van der Waals surface area contributed by atoms with Crippen LogP contribution in [0.15, 0.2) is 16.8 Å². The first kappa shape index (κ1) is 15.6. The highest BCUT2D eigenvalue weighted by Gasteiger charge is 2.39. The average molecular weight is 334 g/mol. The summed E-state index contributed by atoms with van der Waals surface area (Å²) in [6.07, 6.45) is 4.69. The van der Waals surface area contributed by atoms with E-state index in [-0.39, 0.29) is 0 Å². The van der Waals surface area contributed by atoms with Gasteiger partial charge in [-0.15, -0.1) is 0 Å². The number of carbonyl (C=O) groups is 1. The number of thiophene rings is 1. The minimum atomic E-state index is 0.309. The van der Waals surface area contributed by atoms with Crippen molar-refractivity contribution in [3.8, 4) is 0 Å². The summed E-state index contributed by atoms with van der Waals surface area (Å²) < 4.78 is 5.78. The fourth-order valence-electron chi connectivity index (χ4n) is 4.37. The van der Waals surface area contributed by atoms with Crippen LogP contribution < -0.4 is 0 Å². The van der Waals surface area contributed by atoms with Gasteiger partial charge < -0.3 is 14.5 Å². The lowest BCUT2D eigenvalue weighted by molar-refractivity contribution is -0.129. The molecule has 4 heterocycles. The van der Waals surface area contributed by atoms with Crippen LogP contribution in [-0.2, 0) is 16.0 Å². The first-order valence-electron chi connectivity index (χ1n) is 8.91. The summed E-state index contributed by atoms with van der Waals surface area (Å²) in [6, 6.07) is 2.06. The third-order valence-electron chi connectivity index (χ3n) is 5.66. The maximum Gasteiger partial charge on any atom is 0.227 e. The number of likely N-dealkylation sites (tertiary alicyclic amines) is 2. The fourth-order valence-corrected chi connectivity index (χ4v) is 5.04. The third kappa shape index (κ3) is 3.62. The Morgan fingerprint density at radius 1 is 1.26 bits per heavy atom. The number of ether oxygens (including phenoxy) is 1. The van der Waals surface area contributed by atoms with Gasteiger partial charge in [0.25, 0.3) is 0 Å². The molecule has 3 aliphatic heterocycles. The van der Waals surface area contributed by atoms with Crippen molar-refractivity contribution in [1.29, 1.82) is 0 Å². The molecule has 0 bridgehead atoms. The van der Waals surface area contributed by atoms with E-state index in [1.165, 1.54) is 25.8 Å². The highest BCUT2D eigenvalue weighted by Crippen LogP contribution is 2.32. The molecule has 0 spiro atoms. The number of fused-ring (bicyclic) bond motifs is 1. The molecule has 4 nitrogen and oxygen atoms in total. The molecule has 3 saturated heterocycles. The molecule has 1 amide bonds. The van der Waals surface area contributed by atoms with Gasteiger partial charge in [-0.05, 0) is 60.0 Å². The molecule has 1 aromatic heterocycles. The molecule has 5 heteroatoms. The van der Waals surface area contributed by atoms with E-state index in [1.54, 1.807) is 11.3 Å². The Bertz CT molecular complexity index is 527. The Kier molecular flexibility index (Phi) is 4.69. The second-order valence-electron chi connectivity index (χ2n) is 7.31. The Labute approximate surface area is 142 Å². The van der Waals surface area contributed by atoms with Crippen LogP contribution in [0.4, 0.5) is 0 Å². The molecule has 1 aromatic rings. The van der Waals surface area contributed by atoms with Crippen molar-refractivity contribution in [1.82, 2.24) is 9.80 Å². The molecule has 0 aliphatic carbocycles. The third-order valence-corrected chi connectivity index (χ3v) is 6.39. The van der Waals surface area contributed by atoms with Crippen molar-refractivity contribution in [2.45, 2.75) is 31.8 Å². The average Bonchev–Trinajstić information content (AvgIpc) is 3.27. The summed E-state index contributed by atoms with van der Waals surface area (Å²) in [5, 5.41) is 4.14. The Morgan fingerprint density at radius 2 is 2.17 bits per heavy atom. The van der Waals surface area contributed by atoms with Crippen LogP contribution in [-0.4, -0.2) is 61.1 Å². The van der Waals surface area contributed by atoms with Crippen LogP contribution in [0.1, 0.15) is 24.8 Å². The van der Waals surface area contributed by atoms with Crippen molar-refractivity contribution in [3.05, 3.63) is 22.4 Å². The van der Waals surface area contributed by atoms with E-state index in [0.717, 1.165) is 38.3 Å². The molecule has 3 fully saturated rings. The van der Waals surface area contributed by atoms with Crippen molar-refractivity contribution in [3.63, 3.8) is 0 Å². The quantitative estimate of drug-likeness (QED) is 0.847. The number of rotatable bonds is 4. The fraction of sp³-hybridized carbons (Fsp3) is 0.722. The zero-order valence-corrected chi connectivity index (χ0v) is 14.5. The van der Waals surface area contributed by atoms with Gasteiger partial charge in [-0.1, -0.05) is 0 Å². The lowest BCUT2D eigenvalue weighted by atomic mass is 9.88. The maximum atomic E-state index is 12.5. The molecule has 0 unspecified atom stereocenters. The number of piperidine rings is 1. The summed E-state index contributed by atoms with van der Waals surface area (Å²) >= 11 is 1.67. The minimum absolute atomic E-state index is 0.309. The standard InChI is InChI=1S/C18H26N2O2S/c21-18(8-14-4-7-23-13-14)20-10-15-3-5-19(9-16(15)11-20)12-17-2-1-6-22-17/h4,7,13,15-17H,1-3,5-6,8-12H2/t15-,16+,17+/m0/s1. The lowest BCUT2D eigenvalue weighted by Crippen LogP contribution is -2.43. The van der Waals surface area contributed by atoms with E-state index in [2.05, 4.69) is 26.6 Å². The molecule has 0 N–H and O–H groups in total. The van der Waals surface area contributed by atoms with Gasteiger partial charge in [0.05, 0.1) is 12.5 Å². The van der Waals surface area contributed by atoms with Crippen molar-refractivity contribution in [2.75, 3.05) is 39.3 Å². The van der Waals surface area contributed by atoms with E-state index >= 15 is 0 Å². The number of hydrogen-bond donors (Lipinski definition) is 0. The number of amides is 1. The Balaban J connectivity index is 1.29. The van der Waals surface area contributed by atoms with E-state index in [1.807, 2.05) is 0 Å². The number of carbonyl (C=O) groups excluding carboxylic acids is 1. The van der Waals surface area contributed by atoms with Gasteiger partial charge >= 0.3 is 0 Å². The SMILES string of the molecule is O=C(Cc1ccsc1)N1C[C@H]2CN(C[C@H]3CCCO3)CC[C@H]2C1. The number of nitrogens with zero attached hydrogens (tertiary/aromatic N) is 2. The zero-order valence-electron chi connectivity index (χ0n) is 13.7. The van der Waals surface area contributed by atoms with Gasteiger partial charge in [0.2, 0.25) is 5.91 Å². The van der Waals surface area contributed by atoms with Crippen molar-refractivity contribution in [2.24, 2.45) is 11.8 Å². The highest BCUT2D eigenvalue weighted by molar-refractivity contribution is 7.07. The minimum Gasteiger partial charge on any atom is -0.377 e. The van der Waals surface area contributed by atoms with Crippen LogP contribution in [0, 0.1) is 11.8 Å². The van der Waals surface area contributed by atoms with Crippen LogP contribution in [0.3, 0.4) is 0 Å². The molecule has 3 atom stereocenters. The highest BCUT2D eigenvalue weighted by atomic mass is 32.1. The van der Waals surface area contributed by atoms with E-state index in [9.17, 15) is 4.79 Å². The molecule has 3 aliphatic rings. The van der Waals surface area contributed by atoms with Gasteiger partial charge in [-0.2, -0.15) is 11.3 Å². The monoisotopic (exact) mass is 334 g/mol. The number of hydrogen-bond acceptors (Lipinski definition) is 4. The summed E-state index contributed by atoms with van der Waals surface area (Å²) in [6.45, 7) is 6.28. The molecular formula is C18H26N2O2S. The van der Waals surface area contributed by atoms with E-state index in [0.29, 0.717) is 30.3 Å². The first-order valence-corrected chi connectivity index (χ1v) is 9.85. The Morgan fingerprint density at radius 3 is 2.96 bits per heavy atom. The molecular weight excluding hydrogens is 308 g/mol. The topological polar surface area (TPSA) is 32.8 Å². The Hall–Kier alpha value is -0.910. The predicted molar refractivity (Wildman–Crippen MR) is 91.6 cm³/mol. The summed E-state index contributed by atoms with van der Waals surface area (Å²) in [7, 11) is 0. The van der Waals surface area contributed by atoms with E-state index < -0.39 is 0 Å². The second kappa shape index (κ2) is 6.91. The van der Waals surface area contributed by atoms with Gasteiger partial charge in [-0.25, -0.2) is 0 Å². The molecule has 4 rings (SSSR count). The van der Waals surface area contributed by atoms with Crippen molar-refractivity contribution < 1.29 is 9.53 Å². The molecule has 0 radical (unpaired) electrons. The second-order valence-corrected chi connectivity index (χ2v) is 8.09. The van der Waals surface area contributed by atoms with Gasteiger partial charge in [0, 0.05) is 32.8 Å². The van der Waals surface area contributed by atoms with Gasteiger partial charge in [0.15, 0.2) is 0 Å². The molecule has 23 heavy (non-hydrogen) atoms. The van der Waals surface area contributed by atoms with Gasteiger partial charge in [0.1, 0.15) is 0 Å². The summed E-state index contributed by atoms with van der Waals surface area (Å²) in [4.78, 5) is 17.2. The summed E-state index contributed by atoms with van der Waals surface area (Å²) in [5.74, 6) is 1.68. The van der Waals surface area contributed by atoms with Crippen LogP contribution in [0.25, 0.3) is 0 Å². The lowest BCUT2D eigenvalue weighted by Gasteiger charge is -2.35. The van der Waals surface area contributed by atoms with Gasteiger partial charge in [-0.3, -0.25) is 4.79 Å². The molecule has 0 aromatic carbocycles. The largest absolute Gasteiger partial charge is 0.377 e. The van der Waals surface area contributed by atoms with Crippen LogP contribution >= 0.6 is 11.3 Å².